The van der Waals surface area contributed by atoms with Crippen LogP contribution in [0.3, 0.4) is 0 Å². The van der Waals surface area contributed by atoms with E-state index < -0.39 is 18.0 Å². The van der Waals surface area contributed by atoms with Gasteiger partial charge in [-0.15, -0.1) is 0 Å². The molecule has 5 heteroatoms. The van der Waals surface area contributed by atoms with Crippen LogP contribution in [0, 0.1) is 0 Å². The number of aliphatic hydroxyl groups excluding tert-OH is 1. The maximum absolute atomic E-state index is 11.4. The number of amides is 1. The van der Waals surface area contributed by atoms with Crippen LogP contribution in [0.25, 0.3) is 0 Å². The number of anilines is 1. The first-order valence-corrected chi connectivity index (χ1v) is 4.85. The number of carbonyl (C=O) groups is 2. The van der Waals surface area contributed by atoms with Gasteiger partial charge in [0.15, 0.2) is 0 Å². The number of hydrogen-bond donors (Lipinski definition) is 2. The van der Waals surface area contributed by atoms with Gasteiger partial charge >= 0.3 is 5.97 Å². The van der Waals surface area contributed by atoms with Crippen LogP contribution in [0.1, 0.15) is 6.92 Å². The summed E-state index contributed by atoms with van der Waals surface area (Å²) in [5.74, 6) is -1.75. The van der Waals surface area contributed by atoms with Crippen molar-refractivity contribution in [2.24, 2.45) is 0 Å². The van der Waals surface area contributed by atoms with E-state index >= 15 is 0 Å². The quantitative estimate of drug-likeness (QED) is 0.577. The third kappa shape index (κ3) is 3.36. The molecule has 86 valence electrons. The fourth-order valence-electron chi connectivity index (χ4n) is 1.06. The van der Waals surface area contributed by atoms with Gasteiger partial charge in [0.05, 0.1) is 6.61 Å². The lowest BCUT2D eigenvalue weighted by atomic mass is 10.3. The smallest absolute Gasteiger partial charge is 0.344 e. The van der Waals surface area contributed by atoms with Crippen molar-refractivity contribution in [1.29, 1.82) is 0 Å². The SMILES string of the molecule is CCOC(=O)[C@@H](O)C(=O)Nc1ccccc1. The van der Waals surface area contributed by atoms with Gasteiger partial charge in [0, 0.05) is 5.69 Å². The molecule has 0 fully saturated rings. The van der Waals surface area contributed by atoms with Crippen LogP contribution in [0.15, 0.2) is 30.3 Å². The molecule has 0 aliphatic rings. The lowest BCUT2D eigenvalue weighted by Gasteiger charge is -2.09. The lowest BCUT2D eigenvalue weighted by Crippen LogP contribution is -2.36. The van der Waals surface area contributed by atoms with Gasteiger partial charge < -0.3 is 15.2 Å². The fraction of sp³-hybridized carbons (Fsp3) is 0.273. The van der Waals surface area contributed by atoms with Gasteiger partial charge in [0.1, 0.15) is 0 Å². The largest absolute Gasteiger partial charge is 0.464 e. The normalized spacial score (nSPS) is 11.6. The molecule has 1 aromatic carbocycles. The van der Waals surface area contributed by atoms with E-state index in [-0.39, 0.29) is 6.61 Å². The third-order valence-electron chi connectivity index (χ3n) is 1.80. The molecular weight excluding hydrogens is 210 g/mol. The van der Waals surface area contributed by atoms with Crippen LogP contribution < -0.4 is 5.32 Å². The number of aliphatic hydroxyl groups is 1. The van der Waals surface area contributed by atoms with Crippen molar-refractivity contribution >= 4 is 17.6 Å². The van der Waals surface area contributed by atoms with E-state index in [9.17, 15) is 14.7 Å². The summed E-state index contributed by atoms with van der Waals surface area (Å²) in [6, 6.07) is 8.54. The van der Waals surface area contributed by atoms with Crippen molar-refractivity contribution in [2.75, 3.05) is 11.9 Å². The molecule has 0 aromatic heterocycles. The van der Waals surface area contributed by atoms with Crippen LogP contribution in [-0.2, 0) is 14.3 Å². The third-order valence-corrected chi connectivity index (χ3v) is 1.80. The standard InChI is InChI=1S/C11H13NO4/c1-2-16-11(15)9(13)10(14)12-8-6-4-3-5-7-8/h3-7,9,13H,2H2,1H3,(H,12,14)/t9-/m0/s1. The highest BCUT2D eigenvalue weighted by molar-refractivity contribution is 6.07. The number of nitrogens with one attached hydrogen (secondary N) is 1. The molecular formula is C11H13NO4. The second-order valence-electron chi connectivity index (χ2n) is 3.01. The summed E-state index contributed by atoms with van der Waals surface area (Å²) in [7, 11) is 0. The minimum absolute atomic E-state index is 0.120. The highest BCUT2D eigenvalue weighted by atomic mass is 16.5. The molecule has 0 saturated carbocycles. The average molecular weight is 223 g/mol. The highest BCUT2D eigenvalue weighted by Crippen LogP contribution is 2.05. The summed E-state index contributed by atoms with van der Waals surface area (Å²) in [6.07, 6.45) is -1.79. The fourth-order valence-corrected chi connectivity index (χ4v) is 1.06. The molecule has 0 spiro atoms. The van der Waals surface area contributed by atoms with Gasteiger partial charge in [0.2, 0.25) is 6.10 Å². The summed E-state index contributed by atoms with van der Waals surface area (Å²) in [6.45, 7) is 1.72. The zero-order chi connectivity index (χ0) is 12.0. The van der Waals surface area contributed by atoms with Crippen molar-refractivity contribution in [2.45, 2.75) is 13.0 Å². The van der Waals surface area contributed by atoms with Crippen LogP contribution in [0.2, 0.25) is 0 Å². The first-order valence-electron chi connectivity index (χ1n) is 4.85. The summed E-state index contributed by atoms with van der Waals surface area (Å²) in [4.78, 5) is 22.4. The Bertz CT molecular complexity index is 364. The first-order chi connectivity index (χ1) is 7.65. The molecule has 5 nitrogen and oxygen atoms in total. The van der Waals surface area contributed by atoms with E-state index in [4.69, 9.17) is 0 Å². The van der Waals surface area contributed by atoms with Crippen LogP contribution in [0.5, 0.6) is 0 Å². The second-order valence-corrected chi connectivity index (χ2v) is 3.01. The number of carbonyl (C=O) groups excluding carboxylic acids is 2. The van der Waals surface area contributed by atoms with Gasteiger partial charge in [-0.25, -0.2) is 4.79 Å². The van der Waals surface area contributed by atoms with Gasteiger partial charge in [-0.3, -0.25) is 4.79 Å². The second kappa shape index (κ2) is 5.87. The van der Waals surface area contributed by atoms with Gasteiger partial charge in [0.25, 0.3) is 5.91 Å². The van der Waals surface area contributed by atoms with E-state index in [0.717, 1.165) is 0 Å². The van der Waals surface area contributed by atoms with E-state index in [1.807, 2.05) is 0 Å². The summed E-state index contributed by atoms with van der Waals surface area (Å²) in [5, 5.41) is 11.7. The number of benzene rings is 1. The minimum atomic E-state index is -1.79. The molecule has 0 saturated heterocycles. The van der Waals surface area contributed by atoms with Crippen LogP contribution in [-0.4, -0.2) is 29.7 Å². The van der Waals surface area contributed by atoms with Crippen molar-refractivity contribution in [1.82, 2.24) is 0 Å². The zero-order valence-electron chi connectivity index (χ0n) is 8.84. The van der Waals surface area contributed by atoms with Gasteiger partial charge in [-0.2, -0.15) is 0 Å². The molecule has 16 heavy (non-hydrogen) atoms. The predicted molar refractivity (Wildman–Crippen MR) is 57.7 cm³/mol. The molecule has 1 rings (SSSR count). The zero-order valence-corrected chi connectivity index (χ0v) is 8.84. The average Bonchev–Trinajstić information content (AvgIpc) is 2.29. The monoisotopic (exact) mass is 223 g/mol. The lowest BCUT2D eigenvalue weighted by molar-refractivity contribution is -0.156. The van der Waals surface area contributed by atoms with E-state index in [2.05, 4.69) is 10.1 Å². The maximum Gasteiger partial charge on any atom is 0.344 e. The first kappa shape index (κ1) is 12.2. The summed E-state index contributed by atoms with van der Waals surface area (Å²) in [5.41, 5.74) is 0.510. The minimum Gasteiger partial charge on any atom is -0.464 e. The Labute approximate surface area is 93.0 Å². The molecule has 0 bridgehead atoms. The maximum atomic E-state index is 11.4. The number of hydrogen-bond acceptors (Lipinski definition) is 4. The van der Waals surface area contributed by atoms with Crippen LogP contribution in [0.4, 0.5) is 5.69 Å². The Morgan fingerprint density at radius 3 is 2.56 bits per heavy atom. The Balaban J connectivity index is 2.56. The van der Waals surface area contributed by atoms with E-state index in [1.165, 1.54) is 0 Å². The number of para-hydroxylation sites is 1. The van der Waals surface area contributed by atoms with E-state index in [1.54, 1.807) is 37.3 Å². The molecule has 1 amide bonds. The van der Waals surface area contributed by atoms with Crippen molar-refractivity contribution in [3.05, 3.63) is 30.3 Å². The molecule has 0 unspecified atom stereocenters. The number of rotatable bonds is 4. The molecule has 0 heterocycles. The van der Waals surface area contributed by atoms with Crippen molar-refractivity contribution in [3.63, 3.8) is 0 Å². The summed E-state index contributed by atoms with van der Waals surface area (Å²) >= 11 is 0. The van der Waals surface area contributed by atoms with Gasteiger partial charge in [-0.1, -0.05) is 18.2 Å². The molecule has 1 atom stereocenters. The van der Waals surface area contributed by atoms with Gasteiger partial charge in [-0.05, 0) is 19.1 Å². The molecule has 0 radical (unpaired) electrons. The Kier molecular flexibility index (Phi) is 4.47. The predicted octanol–water partition coefficient (Wildman–Crippen LogP) is 0.549. The summed E-state index contributed by atoms with van der Waals surface area (Å²) < 4.78 is 4.51. The molecule has 0 aliphatic carbocycles. The highest BCUT2D eigenvalue weighted by Gasteiger charge is 2.24. The van der Waals surface area contributed by atoms with Crippen LogP contribution >= 0.6 is 0 Å². The van der Waals surface area contributed by atoms with Crippen molar-refractivity contribution in [3.8, 4) is 0 Å². The molecule has 1 aromatic rings. The van der Waals surface area contributed by atoms with Crippen molar-refractivity contribution < 1.29 is 19.4 Å². The topological polar surface area (TPSA) is 75.6 Å². The number of esters is 1. The van der Waals surface area contributed by atoms with E-state index in [0.29, 0.717) is 5.69 Å². The Morgan fingerprint density at radius 1 is 1.38 bits per heavy atom. The Morgan fingerprint density at radius 2 is 2.00 bits per heavy atom. The molecule has 2 N–H and O–H groups in total. The Hall–Kier alpha value is -1.88. The molecule has 0 aliphatic heterocycles. The number of ether oxygens (including phenoxy) is 1.